The smallest absolute Gasteiger partial charge is 0.423 e. The van der Waals surface area contributed by atoms with Crippen molar-refractivity contribution in [1.82, 2.24) is 14.1 Å². The molecule has 0 radical (unpaired) electrons. The number of nitrogens with one attached hydrogen (secondary N) is 1. The second kappa shape index (κ2) is 6.13. The largest absolute Gasteiger partial charge is 0.483 e. The summed E-state index contributed by atoms with van der Waals surface area (Å²) in [5, 5.41) is 0. The van der Waals surface area contributed by atoms with E-state index in [9.17, 15) is 27.6 Å². The molecule has 2 aromatic rings. The van der Waals surface area contributed by atoms with Crippen LogP contribution in [0.5, 0.6) is 5.75 Å². The molecule has 2 heterocycles. The van der Waals surface area contributed by atoms with Crippen molar-refractivity contribution in [3.8, 4) is 23.8 Å². The summed E-state index contributed by atoms with van der Waals surface area (Å²) in [6.45, 7) is -0.569. The van der Waals surface area contributed by atoms with Gasteiger partial charge in [0.15, 0.2) is 16.3 Å². The van der Waals surface area contributed by atoms with Crippen LogP contribution < -0.4 is 21.0 Å². The summed E-state index contributed by atoms with van der Waals surface area (Å²) in [6, 6.07) is 1.37. The molecule has 0 saturated carbocycles. The number of carbonyl (C=O) groups excluding carboxylic acids is 1. The molecule has 1 aliphatic rings. The summed E-state index contributed by atoms with van der Waals surface area (Å²) in [5.74, 6) is -1.63. The predicted molar refractivity (Wildman–Crippen MR) is 89.2 cm³/mol. The number of benzene rings is 1. The highest BCUT2D eigenvalue weighted by Crippen LogP contribution is 2.41. The van der Waals surface area contributed by atoms with Crippen LogP contribution in [0.25, 0.3) is 5.69 Å². The van der Waals surface area contributed by atoms with E-state index in [0.717, 1.165) is 10.6 Å². The summed E-state index contributed by atoms with van der Waals surface area (Å²) in [4.78, 5) is 38.9. The Morgan fingerprint density at radius 2 is 1.96 bits per heavy atom. The zero-order chi connectivity index (χ0) is 20.1. The first-order valence-corrected chi connectivity index (χ1v) is 7.58. The van der Waals surface area contributed by atoms with Gasteiger partial charge in [0.1, 0.15) is 0 Å². The second-order valence-electron chi connectivity index (χ2n) is 5.40. The number of rotatable bonds is 2. The third-order valence-electron chi connectivity index (χ3n) is 3.74. The van der Waals surface area contributed by atoms with Crippen LogP contribution in [0.2, 0.25) is 0 Å². The number of hydrogen-bond acceptors (Lipinski definition) is 5. The van der Waals surface area contributed by atoms with E-state index in [0.29, 0.717) is 15.5 Å². The van der Waals surface area contributed by atoms with Crippen LogP contribution in [0.4, 0.5) is 18.9 Å². The third kappa shape index (κ3) is 2.81. The van der Waals surface area contributed by atoms with Crippen LogP contribution in [0, 0.1) is 22.9 Å². The number of ether oxygens (including phenoxy) is 1. The molecule has 1 aromatic carbocycles. The molecule has 0 spiro atoms. The van der Waals surface area contributed by atoms with E-state index in [1.165, 1.54) is 7.05 Å². The van der Waals surface area contributed by atoms with Gasteiger partial charge in [0, 0.05) is 13.1 Å². The summed E-state index contributed by atoms with van der Waals surface area (Å²) in [6.07, 6.45) is 0.855. The Labute approximate surface area is 153 Å². The second-order valence-corrected chi connectivity index (χ2v) is 5.78. The van der Waals surface area contributed by atoms with Gasteiger partial charge in [0.05, 0.1) is 17.9 Å². The number of nitrogens with zero attached hydrogens (tertiary/aromatic N) is 3. The number of halogens is 3. The minimum atomic E-state index is -4.25. The number of H-pyrrole nitrogens is 1. The van der Waals surface area contributed by atoms with E-state index in [1.54, 1.807) is 0 Å². The average Bonchev–Trinajstić information content (AvgIpc) is 2.58. The molecule has 8 nitrogen and oxygen atoms in total. The quantitative estimate of drug-likeness (QED) is 0.594. The van der Waals surface area contributed by atoms with Crippen LogP contribution in [-0.2, 0) is 11.8 Å². The zero-order valence-corrected chi connectivity index (χ0v) is 14.3. The highest BCUT2D eigenvalue weighted by molar-refractivity contribution is 7.71. The number of alkyl halides is 2. The summed E-state index contributed by atoms with van der Waals surface area (Å²) >= 11 is 4.78. The molecular weight excluding hydrogens is 389 g/mol. The molecule has 0 bridgehead atoms. The molecular formula is C15H9F3N4O4S. The Morgan fingerprint density at radius 1 is 1.30 bits per heavy atom. The van der Waals surface area contributed by atoms with Gasteiger partial charge in [0.25, 0.3) is 0 Å². The SMILES string of the molecule is C#CCN1C(=O)C(F)(F)Oc2cc(F)c(-n3c(=O)[nH]c(=S)n(C)c3=O)cc21. The molecule has 1 amide bonds. The van der Waals surface area contributed by atoms with Crippen LogP contribution >= 0.6 is 12.2 Å². The molecule has 12 heteroatoms. The standard InChI is InChI=1S/C15H9F3N4O4S/c1-3-4-21-9-6-8(22-12(24)19-13(27)20(2)14(22)25)7(16)5-10(9)26-15(17,18)11(21)23/h1,5-6H,4H2,2H3,(H,19,24,27). The first-order chi connectivity index (χ1) is 12.6. The molecule has 0 unspecified atom stereocenters. The summed E-state index contributed by atoms with van der Waals surface area (Å²) in [7, 11) is 1.24. The van der Waals surface area contributed by atoms with Gasteiger partial charge in [-0.15, -0.1) is 6.42 Å². The van der Waals surface area contributed by atoms with Gasteiger partial charge in [-0.1, -0.05) is 5.92 Å². The normalized spacial score (nSPS) is 15.1. The molecule has 0 saturated heterocycles. The van der Waals surface area contributed by atoms with Gasteiger partial charge in [-0.3, -0.25) is 19.2 Å². The molecule has 1 N–H and O–H groups in total. The first kappa shape index (κ1) is 18.5. The molecule has 0 fully saturated rings. The fraction of sp³-hybridized carbons (Fsp3) is 0.200. The molecule has 0 aliphatic carbocycles. The van der Waals surface area contributed by atoms with E-state index < -0.39 is 47.2 Å². The maximum Gasteiger partial charge on any atom is 0.483 e. The number of fused-ring (bicyclic) bond motifs is 1. The highest BCUT2D eigenvalue weighted by Gasteiger charge is 2.50. The maximum absolute atomic E-state index is 14.5. The number of carbonyl (C=O) groups is 1. The van der Waals surface area contributed by atoms with E-state index in [2.05, 4.69) is 9.72 Å². The Morgan fingerprint density at radius 3 is 2.59 bits per heavy atom. The lowest BCUT2D eigenvalue weighted by molar-refractivity contribution is -0.192. The van der Waals surface area contributed by atoms with E-state index in [4.69, 9.17) is 18.6 Å². The third-order valence-corrected chi connectivity index (χ3v) is 4.12. The summed E-state index contributed by atoms with van der Waals surface area (Å²) in [5.41, 5.74) is -2.97. The first-order valence-electron chi connectivity index (χ1n) is 7.17. The van der Waals surface area contributed by atoms with E-state index >= 15 is 0 Å². The fourth-order valence-electron chi connectivity index (χ4n) is 2.46. The molecule has 27 heavy (non-hydrogen) atoms. The Hall–Kier alpha value is -3.33. The van der Waals surface area contributed by atoms with Crippen molar-refractivity contribution in [1.29, 1.82) is 0 Å². The number of terminal acetylenes is 1. The monoisotopic (exact) mass is 398 g/mol. The topological polar surface area (TPSA) is 89.3 Å². The van der Waals surface area contributed by atoms with Crippen molar-refractivity contribution in [2.24, 2.45) is 7.05 Å². The van der Waals surface area contributed by atoms with Gasteiger partial charge in [0.2, 0.25) is 0 Å². The van der Waals surface area contributed by atoms with E-state index in [-0.39, 0.29) is 10.5 Å². The Kier molecular flexibility index (Phi) is 4.19. The Bertz CT molecular complexity index is 1190. The van der Waals surface area contributed by atoms with Gasteiger partial charge >= 0.3 is 23.4 Å². The molecule has 1 aliphatic heterocycles. The van der Waals surface area contributed by atoms with Crippen LogP contribution in [0.3, 0.4) is 0 Å². The zero-order valence-electron chi connectivity index (χ0n) is 13.5. The maximum atomic E-state index is 14.5. The summed E-state index contributed by atoms with van der Waals surface area (Å²) < 4.78 is 47.2. The molecule has 140 valence electrons. The fourth-order valence-corrected chi connectivity index (χ4v) is 2.63. The van der Waals surface area contributed by atoms with E-state index in [1.807, 2.05) is 5.92 Å². The minimum absolute atomic E-state index is 0.202. The lowest BCUT2D eigenvalue weighted by Gasteiger charge is -2.32. The van der Waals surface area contributed by atoms with Crippen molar-refractivity contribution < 1.29 is 22.7 Å². The number of anilines is 1. The predicted octanol–water partition coefficient (Wildman–Crippen LogP) is 0.684. The lowest BCUT2D eigenvalue weighted by atomic mass is 10.2. The molecule has 1 aromatic heterocycles. The highest BCUT2D eigenvalue weighted by atomic mass is 32.1. The lowest BCUT2D eigenvalue weighted by Crippen LogP contribution is -2.51. The number of hydrogen-bond donors (Lipinski definition) is 1. The molecule has 0 atom stereocenters. The van der Waals surface area contributed by atoms with Gasteiger partial charge < -0.3 is 4.74 Å². The van der Waals surface area contributed by atoms with Crippen molar-refractivity contribution >= 4 is 23.8 Å². The van der Waals surface area contributed by atoms with Gasteiger partial charge in [-0.25, -0.2) is 18.5 Å². The van der Waals surface area contributed by atoms with Crippen LogP contribution in [0.1, 0.15) is 0 Å². The number of aromatic nitrogens is 3. The van der Waals surface area contributed by atoms with Crippen molar-refractivity contribution in [2.45, 2.75) is 6.11 Å². The average molecular weight is 398 g/mol. The van der Waals surface area contributed by atoms with Crippen molar-refractivity contribution in [2.75, 3.05) is 11.4 Å². The number of amides is 1. The van der Waals surface area contributed by atoms with Crippen LogP contribution in [-0.4, -0.2) is 32.7 Å². The molecule has 3 rings (SSSR count). The van der Waals surface area contributed by atoms with Gasteiger partial charge in [-0.2, -0.15) is 8.78 Å². The van der Waals surface area contributed by atoms with Gasteiger partial charge in [-0.05, 0) is 18.3 Å². The number of aromatic amines is 1. The van der Waals surface area contributed by atoms with Crippen molar-refractivity contribution in [3.05, 3.63) is 43.7 Å². The van der Waals surface area contributed by atoms with Crippen LogP contribution in [0.15, 0.2) is 21.7 Å². The minimum Gasteiger partial charge on any atom is -0.423 e. The van der Waals surface area contributed by atoms with Crippen molar-refractivity contribution in [3.63, 3.8) is 0 Å². The Balaban J connectivity index is 2.33.